The van der Waals surface area contributed by atoms with Gasteiger partial charge >= 0.3 is 11.0 Å². The second-order valence-corrected chi connectivity index (χ2v) is 9.14. The average Bonchev–Trinajstić information content (AvgIpc) is 2.59. The Hall–Kier alpha value is -2.62. The predicted octanol–water partition coefficient (Wildman–Crippen LogP) is 4.97. The summed E-state index contributed by atoms with van der Waals surface area (Å²) in [5.41, 5.74) is -14.1. The van der Waals surface area contributed by atoms with Crippen LogP contribution in [0.2, 0.25) is 0 Å². The molecule has 2 rings (SSSR count). The van der Waals surface area contributed by atoms with Crippen LogP contribution < -0.4 is 0 Å². The summed E-state index contributed by atoms with van der Waals surface area (Å²) in [6.45, 7) is 0. The highest BCUT2D eigenvalue weighted by Gasteiger charge is 2.49. The second-order valence-electron chi connectivity index (χ2n) is 5.32. The van der Waals surface area contributed by atoms with Crippen molar-refractivity contribution in [3.05, 3.63) is 48.0 Å². The highest BCUT2D eigenvalue weighted by Crippen LogP contribution is 2.39. The van der Waals surface area contributed by atoms with Gasteiger partial charge in [-0.05, 0) is 36.4 Å². The van der Waals surface area contributed by atoms with E-state index in [1.807, 2.05) is 0 Å². The van der Waals surface area contributed by atoms with Gasteiger partial charge in [-0.2, -0.15) is 26.3 Å². The van der Waals surface area contributed by atoms with Crippen LogP contribution in [0.25, 0.3) is 0 Å². The van der Waals surface area contributed by atoms with Crippen molar-refractivity contribution in [2.75, 3.05) is 0 Å². The van der Waals surface area contributed by atoms with Gasteiger partial charge < -0.3 is 0 Å². The first kappa shape index (κ1) is 23.7. The van der Waals surface area contributed by atoms with Gasteiger partial charge in [0.05, 0.1) is 0 Å². The average molecular weight is 482 g/mol. The van der Waals surface area contributed by atoms with E-state index in [1.54, 1.807) is 0 Å². The highest BCUT2D eigenvalue weighted by atomic mass is 32.2. The molecule has 0 aliphatic heterocycles. The molecule has 0 fully saturated rings. The van der Waals surface area contributed by atoms with Crippen LogP contribution in [0.15, 0.2) is 56.4 Å². The lowest BCUT2D eigenvalue weighted by Gasteiger charge is -2.11. The summed E-state index contributed by atoms with van der Waals surface area (Å²) in [7, 11) is -12.3. The summed E-state index contributed by atoms with van der Waals surface area (Å²) in [4.78, 5) is -3.44. The summed E-state index contributed by atoms with van der Waals surface area (Å²) in [6, 6.07) is 1.66. The molecular weight excluding hydrogens is 476 g/mol. The van der Waals surface area contributed by atoms with Crippen molar-refractivity contribution in [2.24, 2.45) is 10.2 Å². The minimum absolute atomic E-state index is 0.0603. The number of sulfone groups is 2. The smallest absolute Gasteiger partial charge is 0.214 e. The van der Waals surface area contributed by atoms with Crippen molar-refractivity contribution in [3.8, 4) is 0 Å². The molecule has 0 aliphatic carbocycles. The SMILES string of the molecule is O=S(=O)(c1cc(F)ccc1N=Nc1ccc(F)cc1S(=O)(=O)C(F)(F)F)C(F)(F)F. The van der Waals surface area contributed by atoms with E-state index in [2.05, 4.69) is 10.2 Å². The minimum atomic E-state index is -6.15. The first-order chi connectivity index (χ1) is 13.5. The Morgan fingerprint density at radius 2 is 0.900 bits per heavy atom. The third-order valence-corrected chi connectivity index (χ3v) is 6.33. The number of benzene rings is 2. The molecule has 2 aromatic rings. The topological polar surface area (TPSA) is 93.0 Å². The first-order valence-electron chi connectivity index (χ1n) is 7.12. The summed E-state index contributed by atoms with van der Waals surface area (Å²) < 4.78 is 149. The monoisotopic (exact) mass is 482 g/mol. The Morgan fingerprint density at radius 3 is 1.17 bits per heavy atom. The molecule has 0 aliphatic rings. The molecular formula is C14H6F8N2O4S2. The van der Waals surface area contributed by atoms with Gasteiger partial charge in [-0.1, -0.05) is 0 Å². The molecule has 164 valence electrons. The van der Waals surface area contributed by atoms with Gasteiger partial charge in [0, 0.05) is 0 Å². The van der Waals surface area contributed by atoms with E-state index in [4.69, 9.17) is 0 Å². The van der Waals surface area contributed by atoms with Crippen molar-refractivity contribution >= 4 is 31.0 Å². The zero-order valence-corrected chi connectivity index (χ0v) is 15.5. The normalized spacial score (nSPS) is 13.7. The van der Waals surface area contributed by atoms with Crippen LogP contribution in [0.1, 0.15) is 0 Å². The first-order valence-corrected chi connectivity index (χ1v) is 10.1. The fourth-order valence-corrected chi connectivity index (χ4v) is 3.73. The fourth-order valence-electron chi connectivity index (χ4n) is 1.93. The molecule has 0 radical (unpaired) electrons. The van der Waals surface area contributed by atoms with E-state index >= 15 is 0 Å². The number of nitrogens with zero attached hydrogens (tertiary/aromatic N) is 2. The molecule has 0 unspecified atom stereocenters. The van der Waals surface area contributed by atoms with Crippen LogP contribution in [-0.4, -0.2) is 27.9 Å². The molecule has 0 N–H and O–H groups in total. The Bertz CT molecular complexity index is 1120. The Labute approximate surface area is 162 Å². The number of hydrogen-bond donors (Lipinski definition) is 0. The number of halogens is 8. The molecule has 0 aromatic heterocycles. The third kappa shape index (κ3) is 4.43. The second kappa shape index (κ2) is 7.57. The molecule has 0 saturated carbocycles. The number of alkyl halides is 6. The summed E-state index contributed by atoms with van der Waals surface area (Å²) in [6.07, 6.45) is 0. The highest BCUT2D eigenvalue weighted by molar-refractivity contribution is 7.92. The van der Waals surface area contributed by atoms with Crippen LogP contribution in [0.4, 0.5) is 46.5 Å². The van der Waals surface area contributed by atoms with E-state index < -0.39 is 63.5 Å². The van der Waals surface area contributed by atoms with E-state index in [-0.39, 0.29) is 12.1 Å². The molecule has 30 heavy (non-hydrogen) atoms. The quantitative estimate of drug-likeness (QED) is 0.455. The van der Waals surface area contributed by atoms with Crippen molar-refractivity contribution in [2.45, 2.75) is 20.8 Å². The van der Waals surface area contributed by atoms with E-state index in [1.165, 1.54) is 0 Å². The molecule has 0 heterocycles. The lowest BCUT2D eigenvalue weighted by atomic mass is 10.3. The molecule has 0 atom stereocenters. The Morgan fingerprint density at radius 1 is 0.600 bits per heavy atom. The minimum Gasteiger partial charge on any atom is -0.214 e. The lowest BCUT2D eigenvalue weighted by Crippen LogP contribution is -2.23. The molecule has 0 saturated heterocycles. The van der Waals surface area contributed by atoms with Gasteiger partial charge in [0.1, 0.15) is 32.8 Å². The van der Waals surface area contributed by atoms with Gasteiger partial charge in [-0.3, -0.25) is 0 Å². The summed E-state index contributed by atoms with van der Waals surface area (Å²) in [5, 5.41) is 6.02. The van der Waals surface area contributed by atoms with Crippen LogP contribution in [0, 0.1) is 11.6 Å². The van der Waals surface area contributed by atoms with Gasteiger partial charge in [0.2, 0.25) is 0 Å². The molecule has 0 amide bonds. The van der Waals surface area contributed by atoms with E-state index in [9.17, 15) is 52.0 Å². The molecule has 0 spiro atoms. The lowest BCUT2D eigenvalue weighted by molar-refractivity contribution is -0.0442. The Kier molecular flexibility index (Phi) is 5.97. The maximum Gasteiger partial charge on any atom is 0.501 e. The van der Waals surface area contributed by atoms with Gasteiger partial charge in [0.25, 0.3) is 19.7 Å². The van der Waals surface area contributed by atoms with E-state index in [0.29, 0.717) is 24.3 Å². The standard InChI is InChI=1S/C14H6F8N2O4S2/c15-7-1-3-9(11(5-7)29(25,26)13(17,18)19)23-24-10-4-2-8(16)6-12(10)30(27,28)14(20,21)22/h1-6H. The maximum absolute atomic E-state index is 13.3. The van der Waals surface area contributed by atoms with Crippen LogP contribution in [-0.2, 0) is 19.7 Å². The third-order valence-electron chi connectivity index (χ3n) is 3.30. The number of azo groups is 1. The molecule has 6 nitrogen and oxygen atoms in total. The molecule has 2 aromatic carbocycles. The van der Waals surface area contributed by atoms with Crippen molar-refractivity contribution < 1.29 is 52.0 Å². The van der Waals surface area contributed by atoms with Crippen LogP contribution in [0.5, 0.6) is 0 Å². The fraction of sp³-hybridized carbons (Fsp3) is 0.143. The zero-order valence-electron chi connectivity index (χ0n) is 13.8. The van der Waals surface area contributed by atoms with Crippen LogP contribution >= 0.6 is 0 Å². The van der Waals surface area contributed by atoms with Gasteiger partial charge in [-0.15, -0.1) is 10.2 Å². The van der Waals surface area contributed by atoms with Crippen molar-refractivity contribution in [1.82, 2.24) is 0 Å². The zero-order chi connectivity index (χ0) is 23.1. The summed E-state index contributed by atoms with van der Waals surface area (Å²) in [5.74, 6) is -2.84. The Balaban J connectivity index is 2.69. The van der Waals surface area contributed by atoms with Gasteiger partial charge in [-0.25, -0.2) is 25.6 Å². The van der Waals surface area contributed by atoms with Crippen LogP contribution in [0.3, 0.4) is 0 Å². The molecule has 16 heteroatoms. The summed E-state index contributed by atoms with van der Waals surface area (Å²) >= 11 is 0. The maximum atomic E-state index is 13.3. The molecule has 0 bridgehead atoms. The number of rotatable bonds is 4. The van der Waals surface area contributed by atoms with Gasteiger partial charge in [0.15, 0.2) is 0 Å². The van der Waals surface area contributed by atoms with Crippen molar-refractivity contribution in [1.29, 1.82) is 0 Å². The van der Waals surface area contributed by atoms with Crippen molar-refractivity contribution in [3.63, 3.8) is 0 Å². The number of hydrogen-bond acceptors (Lipinski definition) is 6. The van der Waals surface area contributed by atoms with E-state index in [0.717, 1.165) is 0 Å². The predicted molar refractivity (Wildman–Crippen MR) is 83.5 cm³/mol. The largest absolute Gasteiger partial charge is 0.501 e.